The first-order valence-electron chi connectivity index (χ1n) is 7.57. The minimum Gasteiger partial charge on any atom is -0.447 e. The Bertz CT molecular complexity index is 442. The standard InChI is InChI=1S/C16H27NO4S/c1-10(2)12-9-21-15(20)17(12)14(19)11(3)13(18)7-8-22-16(4,5)6/h7-8,10-13,18H,9H2,1-6H3/b8-7+/t11-,12+,13-/m0/s1. The maximum atomic E-state index is 12.5. The summed E-state index contributed by atoms with van der Waals surface area (Å²) in [5.41, 5.74) is 0. The van der Waals surface area contributed by atoms with Gasteiger partial charge in [0, 0.05) is 4.75 Å². The van der Waals surface area contributed by atoms with Crippen molar-refractivity contribution in [1.29, 1.82) is 0 Å². The highest BCUT2D eigenvalue weighted by Crippen LogP contribution is 2.26. The molecule has 1 aliphatic heterocycles. The molecule has 1 saturated heterocycles. The van der Waals surface area contributed by atoms with Gasteiger partial charge in [0.15, 0.2) is 0 Å². The molecule has 0 bridgehead atoms. The van der Waals surface area contributed by atoms with E-state index in [-0.39, 0.29) is 29.2 Å². The lowest BCUT2D eigenvalue weighted by Gasteiger charge is -2.26. The summed E-state index contributed by atoms with van der Waals surface area (Å²) in [5, 5.41) is 12.0. The van der Waals surface area contributed by atoms with Gasteiger partial charge in [-0.3, -0.25) is 4.79 Å². The second-order valence-corrected chi connectivity index (χ2v) is 8.67. The SMILES string of the molecule is CC(C)[C@H]1COC(=O)N1C(=O)[C@@H](C)[C@@H](O)/C=C/SC(C)(C)C. The summed E-state index contributed by atoms with van der Waals surface area (Å²) in [7, 11) is 0. The molecule has 0 radical (unpaired) electrons. The Kier molecular flexibility index (Phi) is 6.50. The van der Waals surface area contributed by atoms with Gasteiger partial charge in [0.1, 0.15) is 6.61 Å². The third-order valence-electron chi connectivity index (χ3n) is 3.51. The number of aliphatic hydroxyl groups excluding tert-OH is 1. The first kappa shape index (κ1) is 19.0. The maximum absolute atomic E-state index is 12.5. The molecule has 6 heteroatoms. The summed E-state index contributed by atoms with van der Waals surface area (Å²) in [5.74, 6) is -0.963. The van der Waals surface area contributed by atoms with Gasteiger partial charge in [-0.25, -0.2) is 9.69 Å². The summed E-state index contributed by atoms with van der Waals surface area (Å²) in [6.45, 7) is 11.9. The molecular formula is C16H27NO4S. The zero-order valence-electron chi connectivity index (χ0n) is 14.2. The van der Waals surface area contributed by atoms with Crippen molar-refractivity contribution in [1.82, 2.24) is 4.90 Å². The van der Waals surface area contributed by atoms with E-state index < -0.39 is 18.1 Å². The summed E-state index contributed by atoms with van der Waals surface area (Å²) in [4.78, 5) is 25.4. The number of hydrogen-bond acceptors (Lipinski definition) is 5. The first-order valence-corrected chi connectivity index (χ1v) is 8.45. The molecule has 0 saturated carbocycles. The summed E-state index contributed by atoms with van der Waals surface area (Å²) < 4.78 is 5.03. The number of amides is 2. The van der Waals surface area contributed by atoms with Crippen molar-refractivity contribution < 1.29 is 19.4 Å². The van der Waals surface area contributed by atoms with Gasteiger partial charge in [0.2, 0.25) is 5.91 Å². The third kappa shape index (κ3) is 5.02. The molecule has 1 aliphatic rings. The topological polar surface area (TPSA) is 66.8 Å². The van der Waals surface area contributed by atoms with Crippen molar-refractivity contribution in [2.24, 2.45) is 11.8 Å². The maximum Gasteiger partial charge on any atom is 0.416 e. The van der Waals surface area contributed by atoms with E-state index >= 15 is 0 Å². The van der Waals surface area contributed by atoms with Gasteiger partial charge >= 0.3 is 6.09 Å². The number of hydrogen-bond donors (Lipinski definition) is 1. The van der Waals surface area contributed by atoms with E-state index in [1.807, 2.05) is 13.8 Å². The van der Waals surface area contributed by atoms with E-state index in [1.165, 1.54) is 0 Å². The fourth-order valence-electron chi connectivity index (χ4n) is 2.04. The van der Waals surface area contributed by atoms with Crippen LogP contribution in [-0.4, -0.2) is 45.5 Å². The van der Waals surface area contributed by atoms with Crippen LogP contribution >= 0.6 is 11.8 Å². The van der Waals surface area contributed by atoms with E-state index in [4.69, 9.17) is 4.74 Å². The van der Waals surface area contributed by atoms with E-state index in [1.54, 1.807) is 30.2 Å². The zero-order chi connectivity index (χ0) is 17.1. The number of ether oxygens (including phenoxy) is 1. The number of nitrogens with zero attached hydrogens (tertiary/aromatic N) is 1. The molecule has 2 amide bonds. The minimum atomic E-state index is -0.927. The molecule has 126 valence electrons. The number of cyclic esters (lactones) is 1. The van der Waals surface area contributed by atoms with Crippen molar-refractivity contribution in [3.05, 3.63) is 11.5 Å². The second kappa shape index (κ2) is 7.51. The fraction of sp³-hybridized carbons (Fsp3) is 0.750. The van der Waals surface area contributed by atoms with Crippen LogP contribution in [-0.2, 0) is 9.53 Å². The van der Waals surface area contributed by atoms with E-state index in [2.05, 4.69) is 20.8 Å². The van der Waals surface area contributed by atoms with Gasteiger partial charge in [0.25, 0.3) is 0 Å². The van der Waals surface area contributed by atoms with Gasteiger partial charge < -0.3 is 9.84 Å². The highest BCUT2D eigenvalue weighted by atomic mass is 32.2. The largest absolute Gasteiger partial charge is 0.447 e. The number of carbonyl (C=O) groups is 2. The van der Waals surface area contributed by atoms with Crippen LogP contribution in [0.1, 0.15) is 41.5 Å². The quantitative estimate of drug-likeness (QED) is 0.840. The monoisotopic (exact) mass is 329 g/mol. The van der Waals surface area contributed by atoms with Crippen molar-refractivity contribution in [3.8, 4) is 0 Å². The smallest absolute Gasteiger partial charge is 0.416 e. The molecule has 1 N–H and O–H groups in total. The van der Waals surface area contributed by atoms with Crippen LogP contribution in [0.5, 0.6) is 0 Å². The van der Waals surface area contributed by atoms with Gasteiger partial charge in [0.05, 0.1) is 18.1 Å². The Hall–Kier alpha value is -1.01. The average molecular weight is 329 g/mol. The Balaban J connectivity index is 2.73. The van der Waals surface area contributed by atoms with E-state index in [9.17, 15) is 14.7 Å². The Morgan fingerprint density at radius 3 is 2.50 bits per heavy atom. The Labute approximate surface area is 137 Å². The highest BCUT2D eigenvalue weighted by Gasteiger charge is 2.42. The predicted molar refractivity (Wildman–Crippen MR) is 88.5 cm³/mol. The molecule has 0 aromatic heterocycles. The minimum absolute atomic E-state index is 0.0466. The molecule has 0 aliphatic carbocycles. The van der Waals surface area contributed by atoms with Crippen LogP contribution in [0.3, 0.4) is 0 Å². The van der Waals surface area contributed by atoms with Crippen LogP contribution < -0.4 is 0 Å². The van der Waals surface area contributed by atoms with E-state index in [0.29, 0.717) is 0 Å². The zero-order valence-corrected chi connectivity index (χ0v) is 15.0. The van der Waals surface area contributed by atoms with Gasteiger partial charge in [-0.15, -0.1) is 11.8 Å². The molecule has 1 fully saturated rings. The summed E-state index contributed by atoms with van der Waals surface area (Å²) >= 11 is 1.57. The fourth-order valence-corrected chi connectivity index (χ4v) is 2.68. The number of rotatable bonds is 5. The van der Waals surface area contributed by atoms with Gasteiger partial charge in [-0.2, -0.15) is 0 Å². The van der Waals surface area contributed by atoms with Crippen LogP contribution in [0.15, 0.2) is 11.5 Å². The summed E-state index contributed by atoms with van der Waals surface area (Å²) in [6, 6.07) is -0.262. The van der Waals surface area contributed by atoms with E-state index in [0.717, 1.165) is 4.90 Å². The van der Waals surface area contributed by atoms with Crippen molar-refractivity contribution in [3.63, 3.8) is 0 Å². The second-order valence-electron chi connectivity index (χ2n) is 6.93. The first-order chi connectivity index (χ1) is 10.0. The molecule has 1 heterocycles. The Morgan fingerprint density at radius 2 is 2.00 bits per heavy atom. The number of thioether (sulfide) groups is 1. The Morgan fingerprint density at radius 1 is 1.41 bits per heavy atom. The molecular weight excluding hydrogens is 302 g/mol. The van der Waals surface area contributed by atoms with Crippen LogP contribution in [0.25, 0.3) is 0 Å². The van der Waals surface area contributed by atoms with Crippen LogP contribution in [0, 0.1) is 11.8 Å². The lowest BCUT2D eigenvalue weighted by atomic mass is 9.99. The van der Waals surface area contributed by atoms with Crippen molar-refractivity contribution >= 4 is 23.8 Å². The molecule has 1 rings (SSSR count). The van der Waals surface area contributed by atoms with Crippen LogP contribution in [0.4, 0.5) is 4.79 Å². The lowest BCUT2D eigenvalue weighted by molar-refractivity contribution is -0.136. The summed E-state index contributed by atoms with van der Waals surface area (Å²) in [6.07, 6.45) is 0.0592. The van der Waals surface area contributed by atoms with Crippen LogP contribution in [0.2, 0.25) is 0 Å². The van der Waals surface area contributed by atoms with Crippen molar-refractivity contribution in [2.45, 2.75) is 58.4 Å². The lowest BCUT2D eigenvalue weighted by Crippen LogP contribution is -2.46. The predicted octanol–water partition coefficient (Wildman–Crippen LogP) is 3.03. The van der Waals surface area contributed by atoms with Crippen molar-refractivity contribution in [2.75, 3.05) is 6.61 Å². The number of imide groups is 1. The van der Waals surface area contributed by atoms with Gasteiger partial charge in [-0.1, -0.05) is 41.5 Å². The molecule has 0 spiro atoms. The number of aliphatic hydroxyl groups is 1. The average Bonchev–Trinajstić information content (AvgIpc) is 2.77. The molecule has 0 aromatic rings. The molecule has 5 nitrogen and oxygen atoms in total. The highest BCUT2D eigenvalue weighted by molar-refractivity contribution is 8.03. The molecule has 0 aromatic carbocycles. The third-order valence-corrected chi connectivity index (χ3v) is 4.51. The molecule has 22 heavy (non-hydrogen) atoms. The number of carbonyl (C=O) groups excluding carboxylic acids is 2. The normalized spacial score (nSPS) is 22.3. The molecule has 0 unspecified atom stereocenters. The molecule has 3 atom stereocenters. The van der Waals surface area contributed by atoms with Gasteiger partial charge in [-0.05, 0) is 17.4 Å².